The molecule has 0 unspecified atom stereocenters. The first-order valence-corrected chi connectivity index (χ1v) is 6.84. The van der Waals surface area contributed by atoms with E-state index in [-0.39, 0.29) is 5.56 Å². The lowest BCUT2D eigenvalue weighted by molar-refractivity contribution is 0.151. The van der Waals surface area contributed by atoms with Gasteiger partial charge < -0.3 is 10.1 Å². The highest BCUT2D eigenvalue weighted by molar-refractivity contribution is 6.31. The van der Waals surface area contributed by atoms with Crippen LogP contribution in [0.4, 0.5) is 14.5 Å². The van der Waals surface area contributed by atoms with Gasteiger partial charge in [-0.25, -0.2) is 8.78 Å². The molecule has 2 nitrogen and oxygen atoms in total. The van der Waals surface area contributed by atoms with Gasteiger partial charge in [-0.2, -0.15) is 0 Å². The molecule has 0 saturated heterocycles. The van der Waals surface area contributed by atoms with Gasteiger partial charge in [-0.05, 0) is 30.2 Å². The zero-order valence-electron chi connectivity index (χ0n) is 11.8. The third-order valence-electron chi connectivity index (χ3n) is 3.17. The minimum absolute atomic E-state index is 0.0218. The van der Waals surface area contributed by atoms with Crippen LogP contribution in [-0.4, -0.2) is 7.11 Å². The van der Waals surface area contributed by atoms with Gasteiger partial charge >= 0.3 is 0 Å². The van der Waals surface area contributed by atoms with Gasteiger partial charge in [0.2, 0.25) is 0 Å². The molecule has 112 valence electrons. The van der Waals surface area contributed by atoms with Crippen LogP contribution < -0.4 is 10.1 Å². The van der Waals surface area contributed by atoms with Gasteiger partial charge in [0, 0.05) is 23.2 Å². The fourth-order valence-corrected chi connectivity index (χ4v) is 2.16. The molecule has 0 spiro atoms. The van der Waals surface area contributed by atoms with Gasteiger partial charge in [0.25, 0.3) is 6.43 Å². The highest BCUT2D eigenvalue weighted by atomic mass is 35.5. The summed E-state index contributed by atoms with van der Waals surface area (Å²) in [5.41, 5.74) is 2.50. The second-order valence-electron chi connectivity index (χ2n) is 4.70. The molecule has 0 atom stereocenters. The van der Waals surface area contributed by atoms with Crippen molar-refractivity contribution in [1.82, 2.24) is 0 Å². The van der Waals surface area contributed by atoms with E-state index in [2.05, 4.69) is 5.32 Å². The molecule has 0 amide bonds. The number of methoxy groups -OCH3 is 1. The van der Waals surface area contributed by atoms with Crippen molar-refractivity contribution in [2.45, 2.75) is 19.9 Å². The zero-order valence-corrected chi connectivity index (χ0v) is 12.5. The lowest BCUT2D eigenvalue weighted by atomic mass is 10.1. The van der Waals surface area contributed by atoms with E-state index >= 15 is 0 Å². The Bertz CT molecular complexity index is 632. The van der Waals surface area contributed by atoms with Crippen molar-refractivity contribution >= 4 is 17.3 Å². The van der Waals surface area contributed by atoms with E-state index in [0.29, 0.717) is 17.3 Å². The molecule has 0 bridgehead atoms. The van der Waals surface area contributed by atoms with Crippen LogP contribution in [0.1, 0.15) is 23.1 Å². The molecule has 1 N–H and O–H groups in total. The first-order chi connectivity index (χ1) is 10.0. The first-order valence-electron chi connectivity index (χ1n) is 6.46. The highest BCUT2D eigenvalue weighted by Gasteiger charge is 2.09. The molecule has 0 radical (unpaired) electrons. The van der Waals surface area contributed by atoms with Crippen LogP contribution in [0.3, 0.4) is 0 Å². The lowest BCUT2D eigenvalue weighted by Crippen LogP contribution is -2.02. The Kier molecular flexibility index (Phi) is 5.02. The molecule has 0 heterocycles. The van der Waals surface area contributed by atoms with Crippen molar-refractivity contribution < 1.29 is 13.5 Å². The summed E-state index contributed by atoms with van der Waals surface area (Å²) in [5, 5.41) is 3.81. The second kappa shape index (κ2) is 6.76. The van der Waals surface area contributed by atoms with E-state index in [1.165, 1.54) is 12.1 Å². The first kappa shape index (κ1) is 15.6. The van der Waals surface area contributed by atoms with Crippen LogP contribution in [-0.2, 0) is 6.54 Å². The van der Waals surface area contributed by atoms with E-state index in [4.69, 9.17) is 16.3 Å². The molecule has 5 heteroatoms. The van der Waals surface area contributed by atoms with Gasteiger partial charge in [0.15, 0.2) is 0 Å². The topological polar surface area (TPSA) is 21.3 Å². The molecule has 0 aromatic heterocycles. The molecular weight excluding hydrogens is 296 g/mol. The Morgan fingerprint density at radius 1 is 1.24 bits per heavy atom. The fraction of sp³-hybridized carbons (Fsp3) is 0.250. The van der Waals surface area contributed by atoms with Crippen molar-refractivity contribution in [3.63, 3.8) is 0 Å². The summed E-state index contributed by atoms with van der Waals surface area (Å²) in [6, 6.07) is 9.94. The van der Waals surface area contributed by atoms with Gasteiger partial charge in [-0.1, -0.05) is 29.8 Å². The third-order valence-corrected chi connectivity index (χ3v) is 3.57. The Labute approximate surface area is 127 Å². The average Bonchev–Trinajstić information content (AvgIpc) is 2.48. The molecule has 21 heavy (non-hydrogen) atoms. The molecule has 0 saturated carbocycles. The smallest absolute Gasteiger partial charge is 0.263 e. The number of ether oxygens (including phenoxy) is 1. The van der Waals surface area contributed by atoms with E-state index in [1.807, 2.05) is 13.0 Å². The number of hydrogen-bond acceptors (Lipinski definition) is 2. The number of alkyl halides is 2. The predicted molar refractivity (Wildman–Crippen MR) is 81.5 cm³/mol. The minimum Gasteiger partial charge on any atom is -0.495 e. The molecule has 2 rings (SSSR count). The minimum atomic E-state index is -2.46. The molecule has 2 aromatic rings. The summed E-state index contributed by atoms with van der Waals surface area (Å²) < 4.78 is 30.6. The Morgan fingerprint density at radius 3 is 2.67 bits per heavy atom. The van der Waals surface area contributed by atoms with Crippen molar-refractivity contribution in [1.29, 1.82) is 0 Å². The summed E-state index contributed by atoms with van der Waals surface area (Å²) >= 11 is 6.05. The maximum Gasteiger partial charge on any atom is 0.263 e. The molecule has 2 aromatic carbocycles. The number of nitrogens with one attached hydrogen (secondary N) is 1. The standard InChI is InChI=1S/C16H16ClF2NO/c1-10-6-14(15(21-2)8-13(10)17)20-9-11-4-3-5-12(7-11)16(18)19/h3-8,16,20H,9H2,1-2H3. The number of rotatable bonds is 5. The number of hydrogen-bond donors (Lipinski definition) is 1. The zero-order chi connectivity index (χ0) is 15.4. The van der Waals surface area contributed by atoms with E-state index in [0.717, 1.165) is 16.8 Å². The predicted octanol–water partition coefficient (Wildman–Crippen LogP) is 5.21. The van der Waals surface area contributed by atoms with Crippen LogP contribution in [0, 0.1) is 6.92 Å². The lowest BCUT2D eigenvalue weighted by Gasteiger charge is -2.13. The average molecular weight is 312 g/mol. The maximum absolute atomic E-state index is 12.7. The molecular formula is C16H16ClF2NO. The third kappa shape index (κ3) is 3.85. The Hall–Kier alpha value is -1.81. The van der Waals surface area contributed by atoms with Crippen LogP contribution >= 0.6 is 11.6 Å². The van der Waals surface area contributed by atoms with Gasteiger partial charge in [0.05, 0.1) is 12.8 Å². The van der Waals surface area contributed by atoms with Crippen molar-refractivity contribution in [3.05, 3.63) is 58.1 Å². The fourth-order valence-electron chi connectivity index (χ4n) is 2.01. The number of benzene rings is 2. The van der Waals surface area contributed by atoms with Gasteiger partial charge in [-0.3, -0.25) is 0 Å². The molecule has 0 aliphatic rings. The van der Waals surface area contributed by atoms with Crippen LogP contribution in [0.5, 0.6) is 5.75 Å². The number of aryl methyl sites for hydroxylation is 1. The highest BCUT2D eigenvalue weighted by Crippen LogP contribution is 2.31. The van der Waals surface area contributed by atoms with Crippen molar-refractivity contribution in [2.75, 3.05) is 12.4 Å². The normalized spacial score (nSPS) is 10.8. The van der Waals surface area contributed by atoms with Crippen molar-refractivity contribution in [2.24, 2.45) is 0 Å². The van der Waals surface area contributed by atoms with Gasteiger partial charge in [0.1, 0.15) is 5.75 Å². The summed E-state index contributed by atoms with van der Waals surface area (Å²) in [5.74, 6) is 0.621. The second-order valence-corrected chi connectivity index (χ2v) is 5.11. The molecule has 0 fully saturated rings. The van der Waals surface area contributed by atoms with Crippen LogP contribution in [0.25, 0.3) is 0 Å². The molecule has 0 aliphatic carbocycles. The quantitative estimate of drug-likeness (QED) is 0.818. The van der Waals surface area contributed by atoms with E-state index < -0.39 is 6.43 Å². The summed E-state index contributed by atoms with van der Waals surface area (Å²) in [7, 11) is 1.56. The molecule has 0 aliphatic heterocycles. The van der Waals surface area contributed by atoms with Crippen LogP contribution in [0.2, 0.25) is 5.02 Å². The summed E-state index contributed by atoms with van der Waals surface area (Å²) in [6.07, 6.45) is -2.46. The summed E-state index contributed by atoms with van der Waals surface area (Å²) in [6.45, 7) is 2.32. The Balaban J connectivity index is 2.16. The largest absolute Gasteiger partial charge is 0.495 e. The summed E-state index contributed by atoms with van der Waals surface area (Å²) in [4.78, 5) is 0. The van der Waals surface area contributed by atoms with Crippen LogP contribution in [0.15, 0.2) is 36.4 Å². The Morgan fingerprint density at radius 2 is 2.00 bits per heavy atom. The van der Waals surface area contributed by atoms with Gasteiger partial charge in [-0.15, -0.1) is 0 Å². The number of halogens is 3. The monoisotopic (exact) mass is 311 g/mol. The number of anilines is 1. The van der Waals surface area contributed by atoms with Crippen molar-refractivity contribution in [3.8, 4) is 5.75 Å². The SMILES string of the molecule is COc1cc(Cl)c(C)cc1NCc1cccc(C(F)F)c1. The van der Waals surface area contributed by atoms with E-state index in [9.17, 15) is 8.78 Å². The maximum atomic E-state index is 12.7. The van der Waals surface area contributed by atoms with E-state index in [1.54, 1.807) is 25.3 Å².